The number of carbonyl (C=O) groups is 1. The summed E-state index contributed by atoms with van der Waals surface area (Å²) in [6, 6.07) is 5.29. The number of nitrogens with one attached hydrogen (secondary N) is 2. The highest BCUT2D eigenvalue weighted by molar-refractivity contribution is 5.79. The molecule has 140 valence electrons. The maximum Gasteiger partial charge on any atom is 0.416 e. The summed E-state index contributed by atoms with van der Waals surface area (Å²) in [4.78, 5) is 15.3. The summed E-state index contributed by atoms with van der Waals surface area (Å²) in [6.45, 7) is 9.39. The zero-order chi connectivity index (χ0) is 18.6. The first kappa shape index (κ1) is 19.6. The lowest BCUT2D eigenvalue weighted by atomic mass is 10.1. The number of amides is 1. The van der Waals surface area contributed by atoms with Crippen LogP contribution in [-0.2, 0) is 11.0 Å². The molecule has 2 rings (SSSR count). The molecule has 7 heteroatoms. The lowest BCUT2D eigenvalue weighted by Crippen LogP contribution is -3.19. The van der Waals surface area contributed by atoms with Crippen molar-refractivity contribution in [1.82, 2.24) is 5.32 Å². The number of nitrogens with zero attached hydrogens (tertiary/aromatic N) is 1. The van der Waals surface area contributed by atoms with E-state index in [1.807, 2.05) is 25.7 Å². The number of halogens is 3. The van der Waals surface area contributed by atoms with E-state index >= 15 is 0 Å². The molecule has 25 heavy (non-hydrogen) atoms. The molecule has 1 aliphatic rings. The minimum absolute atomic E-state index is 0.0382. The SMILES string of the molecule is CC(C)CNC(=O)[C@H](C)[NH+]1CCN(c2cccc(C(F)(F)F)c2)CC1. The molecule has 1 aromatic rings. The van der Waals surface area contributed by atoms with Gasteiger partial charge in [-0.15, -0.1) is 0 Å². The number of alkyl halides is 3. The number of rotatable bonds is 5. The fraction of sp³-hybridized carbons (Fsp3) is 0.611. The summed E-state index contributed by atoms with van der Waals surface area (Å²) in [6.07, 6.45) is -4.33. The molecule has 1 aromatic carbocycles. The highest BCUT2D eigenvalue weighted by Crippen LogP contribution is 2.31. The standard InChI is InChI=1S/C18H26F3N3O/c1-13(2)12-22-17(25)14(3)23-7-9-24(10-8-23)16-6-4-5-15(11-16)18(19,20)21/h4-6,11,13-14H,7-10,12H2,1-3H3,(H,22,25)/p+1/t14-/m0/s1. The van der Waals surface area contributed by atoms with E-state index in [-0.39, 0.29) is 11.9 Å². The molecular weight excluding hydrogens is 331 g/mol. The maximum atomic E-state index is 12.9. The molecule has 1 saturated heterocycles. The van der Waals surface area contributed by atoms with Gasteiger partial charge in [-0.3, -0.25) is 4.79 Å². The van der Waals surface area contributed by atoms with Crippen molar-refractivity contribution < 1.29 is 22.9 Å². The van der Waals surface area contributed by atoms with Gasteiger partial charge in [0.2, 0.25) is 0 Å². The number of quaternary nitrogens is 1. The summed E-state index contributed by atoms with van der Waals surface area (Å²) < 4.78 is 38.6. The van der Waals surface area contributed by atoms with E-state index in [2.05, 4.69) is 5.32 Å². The second-order valence-corrected chi connectivity index (χ2v) is 7.05. The minimum Gasteiger partial charge on any atom is -0.360 e. The Morgan fingerprint density at radius 1 is 1.24 bits per heavy atom. The summed E-state index contributed by atoms with van der Waals surface area (Å²) >= 11 is 0. The predicted octanol–water partition coefficient (Wildman–Crippen LogP) is 1.57. The average Bonchev–Trinajstić information content (AvgIpc) is 2.58. The van der Waals surface area contributed by atoms with Crippen LogP contribution in [0.25, 0.3) is 0 Å². The second kappa shape index (κ2) is 8.08. The molecule has 1 heterocycles. The molecular formula is C18H27F3N3O+. The molecule has 0 aromatic heterocycles. The van der Waals surface area contributed by atoms with Gasteiger partial charge in [-0.2, -0.15) is 13.2 Å². The largest absolute Gasteiger partial charge is 0.416 e. The van der Waals surface area contributed by atoms with Crippen LogP contribution < -0.4 is 15.1 Å². The molecule has 0 unspecified atom stereocenters. The zero-order valence-corrected chi connectivity index (χ0v) is 15.0. The third-order valence-electron chi connectivity index (χ3n) is 4.63. The van der Waals surface area contributed by atoms with Crippen molar-refractivity contribution in [2.75, 3.05) is 37.6 Å². The Morgan fingerprint density at radius 3 is 2.44 bits per heavy atom. The van der Waals surface area contributed by atoms with Gasteiger partial charge in [0.1, 0.15) is 0 Å². The van der Waals surface area contributed by atoms with Gasteiger partial charge >= 0.3 is 6.18 Å². The van der Waals surface area contributed by atoms with E-state index in [9.17, 15) is 18.0 Å². The Kier molecular flexibility index (Phi) is 6.32. The number of hydrogen-bond acceptors (Lipinski definition) is 2. The summed E-state index contributed by atoms with van der Waals surface area (Å²) in [5.74, 6) is 0.445. The van der Waals surface area contributed by atoms with Crippen molar-refractivity contribution in [3.05, 3.63) is 29.8 Å². The zero-order valence-electron chi connectivity index (χ0n) is 15.0. The molecule has 0 aliphatic carbocycles. The van der Waals surface area contributed by atoms with Gasteiger partial charge in [-0.25, -0.2) is 0 Å². The number of hydrogen-bond donors (Lipinski definition) is 2. The van der Waals surface area contributed by atoms with Crippen molar-refractivity contribution in [2.24, 2.45) is 5.92 Å². The lowest BCUT2D eigenvalue weighted by Gasteiger charge is -2.36. The van der Waals surface area contributed by atoms with Gasteiger partial charge in [-0.05, 0) is 31.0 Å². The highest BCUT2D eigenvalue weighted by atomic mass is 19.4. The monoisotopic (exact) mass is 358 g/mol. The van der Waals surface area contributed by atoms with E-state index < -0.39 is 11.7 Å². The van der Waals surface area contributed by atoms with Crippen molar-refractivity contribution in [1.29, 1.82) is 0 Å². The maximum absolute atomic E-state index is 12.9. The van der Waals surface area contributed by atoms with Gasteiger partial charge in [0.15, 0.2) is 6.04 Å². The third kappa shape index (κ3) is 5.36. The molecule has 0 spiro atoms. The van der Waals surface area contributed by atoms with Crippen LogP contribution in [0.4, 0.5) is 18.9 Å². The molecule has 1 amide bonds. The van der Waals surface area contributed by atoms with Crippen LogP contribution in [0.15, 0.2) is 24.3 Å². The van der Waals surface area contributed by atoms with Crippen LogP contribution in [0.5, 0.6) is 0 Å². The lowest BCUT2D eigenvalue weighted by molar-refractivity contribution is -0.914. The minimum atomic E-state index is -4.33. The number of carbonyl (C=O) groups excluding carboxylic acids is 1. The molecule has 1 atom stereocenters. The van der Waals surface area contributed by atoms with Gasteiger partial charge in [0.25, 0.3) is 5.91 Å². The Labute approximate surface area is 147 Å². The summed E-state index contributed by atoms with van der Waals surface area (Å²) in [5.41, 5.74) is -0.0352. The van der Waals surface area contributed by atoms with Crippen molar-refractivity contribution in [3.8, 4) is 0 Å². The first-order chi connectivity index (χ1) is 11.7. The topological polar surface area (TPSA) is 36.8 Å². The molecule has 1 aliphatic heterocycles. The van der Waals surface area contributed by atoms with Crippen LogP contribution in [0.2, 0.25) is 0 Å². The Bertz CT molecular complexity index is 581. The quantitative estimate of drug-likeness (QED) is 0.838. The first-order valence-corrected chi connectivity index (χ1v) is 8.73. The van der Waals surface area contributed by atoms with Gasteiger partial charge in [-0.1, -0.05) is 19.9 Å². The molecule has 4 nitrogen and oxygen atoms in total. The molecule has 0 bridgehead atoms. The number of anilines is 1. The van der Waals surface area contributed by atoms with E-state index in [4.69, 9.17) is 0 Å². The van der Waals surface area contributed by atoms with Crippen LogP contribution in [0.1, 0.15) is 26.3 Å². The normalized spacial score (nSPS) is 17.6. The summed E-state index contributed by atoms with van der Waals surface area (Å²) in [5, 5.41) is 2.95. The van der Waals surface area contributed by atoms with Crippen molar-refractivity contribution in [2.45, 2.75) is 33.0 Å². The van der Waals surface area contributed by atoms with Gasteiger partial charge in [0, 0.05) is 12.2 Å². The Balaban J connectivity index is 1.92. The van der Waals surface area contributed by atoms with E-state index in [0.717, 1.165) is 19.2 Å². The van der Waals surface area contributed by atoms with Crippen LogP contribution >= 0.6 is 0 Å². The number of piperazine rings is 1. The smallest absolute Gasteiger partial charge is 0.360 e. The summed E-state index contributed by atoms with van der Waals surface area (Å²) in [7, 11) is 0. The first-order valence-electron chi connectivity index (χ1n) is 8.73. The van der Waals surface area contributed by atoms with E-state index in [1.54, 1.807) is 6.07 Å². The van der Waals surface area contributed by atoms with Crippen LogP contribution in [0, 0.1) is 5.92 Å². The van der Waals surface area contributed by atoms with Crippen molar-refractivity contribution in [3.63, 3.8) is 0 Å². The van der Waals surface area contributed by atoms with Crippen LogP contribution in [-0.4, -0.2) is 44.7 Å². The third-order valence-corrected chi connectivity index (χ3v) is 4.63. The fourth-order valence-corrected chi connectivity index (χ4v) is 3.01. The predicted molar refractivity (Wildman–Crippen MR) is 91.7 cm³/mol. The van der Waals surface area contributed by atoms with Crippen molar-refractivity contribution >= 4 is 11.6 Å². The second-order valence-electron chi connectivity index (χ2n) is 7.05. The molecule has 2 N–H and O–H groups in total. The highest BCUT2D eigenvalue weighted by Gasteiger charge is 2.32. The Morgan fingerprint density at radius 2 is 1.88 bits per heavy atom. The molecule has 0 saturated carbocycles. The van der Waals surface area contributed by atoms with Gasteiger partial charge < -0.3 is 15.1 Å². The van der Waals surface area contributed by atoms with E-state index in [1.165, 1.54) is 17.0 Å². The van der Waals surface area contributed by atoms with Crippen LogP contribution in [0.3, 0.4) is 0 Å². The average molecular weight is 358 g/mol. The van der Waals surface area contributed by atoms with E-state index in [0.29, 0.717) is 31.2 Å². The van der Waals surface area contributed by atoms with Gasteiger partial charge in [0.05, 0.1) is 31.7 Å². The Hall–Kier alpha value is -1.76. The molecule has 1 fully saturated rings. The fourth-order valence-electron chi connectivity index (χ4n) is 3.01. The molecule has 0 radical (unpaired) electrons. The number of benzene rings is 1.